The Hall–Kier alpha value is -0.960. The average molecular weight is 305 g/mol. The monoisotopic (exact) mass is 305 g/mol. The molecule has 2 heterocycles. The molecule has 1 saturated heterocycles. The third-order valence-corrected chi connectivity index (χ3v) is 5.87. The molecule has 1 aliphatic heterocycles. The molecule has 0 aliphatic carbocycles. The second kappa shape index (κ2) is 6.00. The first-order valence-electron chi connectivity index (χ1n) is 5.88. The molecule has 8 heteroatoms. The van der Waals surface area contributed by atoms with Gasteiger partial charge in [0.15, 0.2) is 0 Å². The normalized spacial score (nSPS) is 17.5. The first-order chi connectivity index (χ1) is 8.97. The zero-order valence-electron chi connectivity index (χ0n) is 10.2. The lowest BCUT2D eigenvalue weighted by Gasteiger charge is -2.22. The van der Waals surface area contributed by atoms with E-state index in [1.54, 1.807) is 0 Å². The maximum atomic E-state index is 12.1. The van der Waals surface area contributed by atoms with Gasteiger partial charge < -0.3 is 9.84 Å². The van der Waals surface area contributed by atoms with Crippen LogP contribution in [0.25, 0.3) is 0 Å². The molecule has 0 bridgehead atoms. The van der Waals surface area contributed by atoms with E-state index < -0.39 is 16.0 Å². The maximum Gasteiger partial charge on any atom is 0.308 e. The van der Waals surface area contributed by atoms with Crippen LogP contribution < -0.4 is 4.72 Å². The second-order valence-electron chi connectivity index (χ2n) is 4.30. The van der Waals surface area contributed by atoms with Crippen molar-refractivity contribution in [2.24, 2.45) is 0 Å². The Morgan fingerprint density at radius 3 is 2.74 bits per heavy atom. The molecule has 2 N–H and O–H groups in total. The van der Waals surface area contributed by atoms with Crippen LogP contribution in [0, 0.1) is 0 Å². The number of hydrogen-bond donors (Lipinski definition) is 2. The van der Waals surface area contributed by atoms with Crippen molar-refractivity contribution in [1.82, 2.24) is 4.72 Å². The van der Waals surface area contributed by atoms with Gasteiger partial charge in [-0.2, -0.15) is 0 Å². The quantitative estimate of drug-likeness (QED) is 0.840. The SMILES string of the molecule is O=C(O)Cc1ccc(S(=O)(=O)NC2CCOCC2)s1. The van der Waals surface area contributed by atoms with E-state index in [2.05, 4.69) is 4.72 Å². The lowest BCUT2D eigenvalue weighted by atomic mass is 10.1. The minimum absolute atomic E-state index is 0.108. The van der Waals surface area contributed by atoms with Gasteiger partial charge >= 0.3 is 5.97 Å². The fourth-order valence-electron chi connectivity index (χ4n) is 1.84. The second-order valence-corrected chi connectivity index (χ2v) is 7.41. The van der Waals surface area contributed by atoms with Crippen molar-refractivity contribution in [3.63, 3.8) is 0 Å². The van der Waals surface area contributed by atoms with E-state index in [1.807, 2.05) is 0 Å². The summed E-state index contributed by atoms with van der Waals surface area (Å²) >= 11 is 0.994. The van der Waals surface area contributed by atoms with Gasteiger partial charge in [0.25, 0.3) is 0 Å². The third-order valence-electron chi connectivity index (χ3n) is 2.77. The number of carboxylic acid groups (broad SMARTS) is 1. The maximum absolute atomic E-state index is 12.1. The highest BCUT2D eigenvalue weighted by molar-refractivity contribution is 7.91. The lowest BCUT2D eigenvalue weighted by Crippen LogP contribution is -2.38. The molecule has 1 aromatic rings. The van der Waals surface area contributed by atoms with E-state index in [-0.39, 0.29) is 16.7 Å². The molecule has 6 nitrogen and oxygen atoms in total. The number of hydrogen-bond acceptors (Lipinski definition) is 5. The molecule has 0 saturated carbocycles. The average Bonchev–Trinajstić information content (AvgIpc) is 2.78. The van der Waals surface area contributed by atoms with Gasteiger partial charge in [-0.3, -0.25) is 4.79 Å². The van der Waals surface area contributed by atoms with Crippen LogP contribution in [0.5, 0.6) is 0 Å². The fraction of sp³-hybridized carbons (Fsp3) is 0.545. The predicted molar refractivity (Wildman–Crippen MR) is 69.8 cm³/mol. The standard InChI is InChI=1S/C11H15NO5S2/c13-10(14)7-9-1-2-11(18-9)19(15,16)12-8-3-5-17-6-4-8/h1-2,8,12H,3-7H2,(H,13,14). The number of rotatable bonds is 5. The van der Waals surface area contributed by atoms with Crippen LogP contribution in [-0.2, 0) is 26.0 Å². The summed E-state index contributed by atoms with van der Waals surface area (Å²) in [5, 5.41) is 8.67. The highest BCUT2D eigenvalue weighted by atomic mass is 32.2. The highest BCUT2D eigenvalue weighted by Crippen LogP contribution is 2.23. The van der Waals surface area contributed by atoms with Crippen LogP contribution in [0.1, 0.15) is 17.7 Å². The summed E-state index contributed by atoms with van der Waals surface area (Å²) in [6.07, 6.45) is 1.16. The Labute approximate surface area is 115 Å². The van der Waals surface area contributed by atoms with Gasteiger partial charge in [0.05, 0.1) is 6.42 Å². The summed E-state index contributed by atoms with van der Waals surface area (Å²) < 4.78 is 32.2. The molecule has 1 aromatic heterocycles. The number of sulfonamides is 1. The van der Waals surface area contributed by atoms with Gasteiger partial charge in [-0.25, -0.2) is 13.1 Å². The van der Waals surface area contributed by atoms with E-state index in [1.165, 1.54) is 12.1 Å². The van der Waals surface area contributed by atoms with Crippen LogP contribution in [0.4, 0.5) is 0 Å². The Balaban J connectivity index is 2.06. The number of thiophene rings is 1. The smallest absolute Gasteiger partial charge is 0.308 e. The number of nitrogens with one attached hydrogen (secondary N) is 1. The minimum Gasteiger partial charge on any atom is -0.481 e. The summed E-state index contributed by atoms with van der Waals surface area (Å²) in [5.74, 6) is -0.969. The summed E-state index contributed by atoms with van der Waals surface area (Å²) in [7, 11) is -3.55. The molecule has 0 unspecified atom stereocenters. The molecule has 2 rings (SSSR count). The minimum atomic E-state index is -3.55. The number of carbonyl (C=O) groups is 1. The number of ether oxygens (including phenoxy) is 1. The third kappa shape index (κ3) is 4.00. The van der Waals surface area contributed by atoms with E-state index in [9.17, 15) is 13.2 Å². The van der Waals surface area contributed by atoms with Gasteiger partial charge in [-0.05, 0) is 25.0 Å². The molecule has 0 radical (unpaired) electrons. The van der Waals surface area contributed by atoms with E-state index in [4.69, 9.17) is 9.84 Å². The molecule has 0 aromatic carbocycles. The van der Waals surface area contributed by atoms with Gasteiger partial charge in [0.1, 0.15) is 4.21 Å². The van der Waals surface area contributed by atoms with Crippen LogP contribution in [0.3, 0.4) is 0 Å². The highest BCUT2D eigenvalue weighted by Gasteiger charge is 2.23. The number of carboxylic acids is 1. The number of aliphatic carboxylic acids is 1. The van der Waals surface area contributed by atoms with Crippen molar-refractivity contribution in [1.29, 1.82) is 0 Å². The predicted octanol–water partition coefficient (Wildman–Crippen LogP) is 0.832. The molecule has 1 fully saturated rings. The Morgan fingerprint density at radius 2 is 2.11 bits per heavy atom. The Kier molecular flexibility index (Phi) is 4.56. The molecule has 19 heavy (non-hydrogen) atoms. The molecule has 0 atom stereocenters. The van der Waals surface area contributed by atoms with Crippen LogP contribution >= 0.6 is 11.3 Å². The summed E-state index contributed by atoms with van der Waals surface area (Å²) in [5.41, 5.74) is 0. The molecule has 1 aliphatic rings. The van der Waals surface area contributed by atoms with Crippen molar-refractivity contribution in [2.45, 2.75) is 29.5 Å². The van der Waals surface area contributed by atoms with Crippen molar-refractivity contribution < 1.29 is 23.1 Å². The first-order valence-corrected chi connectivity index (χ1v) is 8.18. The van der Waals surface area contributed by atoms with Gasteiger partial charge in [0.2, 0.25) is 10.0 Å². The molecular weight excluding hydrogens is 290 g/mol. The van der Waals surface area contributed by atoms with Crippen molar-refractivity contribution in [3.05, 3.63) is 17.0 Å². The molecular formula is C11H15NO5S2. The summed E-state index contributed by atoms with van der Waals surface area (Å²) in [6, 6.07) is 2.88. The topological polar surface area (TPSA) is 92.7 Å². The Morgan fingerprint density at radius 1 is 1.42 bits per heavy atom. The van der Waals surface area contributed by atoms with E-state index in [0.29, 0.717) is 30.9 Å². The lowest BCUT2D eigenvalue weighted by molar-refractivity contribution is -0.136. The van der Waals surface area contributed by atoms with Crippen molar-refractivity contribution >= 4 is 27.3 Å². The van der Waals surface area contributed by atoms with E-state index >= 15 is 0 Å². The zero-order chi connectivity index (χ0) is 13.9. The van der Waals surface area contributed by atoms with Crippen molar-refractivity contribution in [2.75, 3.05) is 13.2 Å². The summed E-state index contributed by atoms with van der Waals surface area (Å²) in [4.78, 5) is 11.1. The first kappa shape index (κ1) is 14.4. The Bertz CT molecular complexity index is 545. The molecule has 106 valence electrons. The van der Waals surface area contributed by atoms with Gasteiger partial charge in [0, 0.05) is 24.1 Å². The van der Waals surface area contributed by atoms with Crippen LogP contribution in [0.15, 0.2) is 16.3 Å². The fourth-order valence-corrected chi connectivity index (χ4v) is 4.51. The van der Waals surface area contributed by atoms with Crippen LogP contribution in [-0.4, -0.2) is 38.7 Å². The summed E-state index contributed by atoms with van der Waals surface area (Å²) in [6.45, 7) is 1.11. The zero-order valence-corrected chi connectivity index (χ0v) is 11.8. The largest absolute Gasteiger partial charge is 0.481 e. The van der Waals surface area contributed by atoms with Gasteiger partial charge in [-0.1, -0.05) is 0 Å². The van der Waals surface area contributed by atoms with Gasteiger partial charge in [-0.15, -0.1) is 11.3 Å². The van der Waals surface area contributed by atoms with Crippen LogP contribution in [0.2, 0.25) is 0 Å². The molecule has 0 spiro atoms. The molecule has 0 amide bonds. The van der Waals surface area contributed by atoms with Crippen molar-refractivity contribution in [3.8, 4) is 0 Å². The van der Waals surface area contributed by atoms with E-state index in [0.717, 1.165) is 11.3 Å².